The minimum absolute atomic E-state index is 0.250. The minimum Gasteiger partial charge on any atom is -0.310 e. The molecule has 19 aromatic rings. The van der Waals surface area contributed by atoms with E-state index in [9.17, 15) is 0 Å². The second-order valence-corrected chi connectivity index (χ2v) is 26.6. The lowest BCUT2D eigenvalue weighted by Gasteiger charge is -2.46. The number of hydrogen-bond acceptors (Lipinski definition) is 2. The largest absolute Gasteiger partial charge is 0.310 e. The maximum Gasteiger partial charge on any atom is 0.252 e. The van der Waals surface area contributed by atoms with Crippen LogP contribution in [0.4, 0.5) is 34.1 Å². The number of rotatable bonds is 9. The van der Waals surface area contributed by atoms with Gasteiger partial charge in [-0.2, -0.15) is 0 Å². The van der Waals surface area contributed by atoms with Crippen molar-refractivity contribution >= 4 is 133 Å². The zero-order chi connectivity index (χ0) is 64.8. The molecule has 0 radical (unpaired) electrons. The Morgan fingerprint density at radius 3 is 0.899 bits per heavy atom. The third kappa shape index (κ3) is 8.35. The summed E-state index contributed by atoms with van der Waals surface area (Å²) in [5, 5.41) is 12.4. The first-order chi connectivity index (χ1) is 49.1. The van der Waals surface area contributed by atoms with Crippen molar-refractivity contribution in [3.8, 4) is 67.0 Å². The Hall–Kier alpha value is -13.0. The molecule has 99 heavy (non-hydrogen) atoms. The summed E-state index contributed by atoms with van der Waals surface area (Å²) in [4.78, 5) is 5.38. The molecule has 17 aromatic carbocycles. The second-order valence-electron chi connectivity index (χ2n) is 26.6. The van der Waals surface area contributed by atoms with Gasteiger partial charge in [0.05, 0.1) is 33.4 Å². The molecule has 0 N–H and O–H groups in total. The predicted octanol–water partition coefficient (Wildman–Crippen LogP) is 23.2. The molecule has 0 saturated carbocycles. The van der Waals surface area contributed by atoms with Gasteiger partial charge in [0.25, 0.3) is 6.71 Å². The Kier molecular flexibility index (Phi) is 12.2. The Balaban J connectivity index is 0.951. The van der Waals surface area contributed by atoms with Crippen LogP contribution in [0.25, 0.3) is 143 Å². The Labute approximate surface area is 573 Å². The monoisotopic (exact) mass is 1250 g/mol. The highest BCUT2D eigenvalue weighted by molar-refractivity contribution is 7.00. The summed E-state index contributed by atoms with van der Waals surface area (Å²) in [5.41, 5.74) is 28.5. The molecule has 0 amide bonds. The van der Waals surface area contributed by atoms with E-state index in [1.165, 1.54) is 70.3 Å². The quantitative estimate of drug-likeness (QED) is 0.106. The van der Waals surface area contributed by atoms with Crippen molar-refractivity contribution in [3.05, 3.63) is 358 Å². The summed E-state index contributed by atoms with van der Waals surface area (Å²) in [6.45, 7) is -0.250. The Bertz CT molecular complexity index is 5890. The number of anilines is 6. The molecule has 0 fully saturated rings. The van der Waals surface area contributed by atoms with Crippen LogP contribution in [0.15, 0.2) is 358 Å². The molecule has 0 atom stereocenters. The summed E-state index contributed by atoms with van der Waals surface area (Å²) < 4.78 is 4.98. The zero-order valence-electron chi connectivity index (χ0n) is 53.9. The van der Waals surface area contributed by atoms with E-state index < -0.39 is 0 Å². The number of nitrogens with zero attached hydrogens (tertiary/aromatic N) is 4. The van der Waals surface area contributed by atoms with E-state index >= 15 is 0 Å². The van der Waals surface area contributed by atoms with Gasteiger partial charge < -0.3 is 18.9 Å². The lowest BCUT2D eigenvalue weighted by Crippen LogP contribution is -2.61. The molecular formula is C94H59BN4. The van der Waals surface area contributed by atoms with Crippen molar-refractivity contribution in [1.82, 2.24) is 9.13 Å². The number of aromatic nitrogens is 2. The van der Waals surface area contributed by atoms with Crippen molar-refractivity contribution in [1.29, 1.82) is 0 Å². The Morgan fingerprint density at radius 1 is 0.212 bits per heavy atom. The number of hydrogen-bond donors (Lipinski definition) is 0. The fourth-order valence-corrected chi connectivity index (χ4v) is 17.2. The fourth-order valence-electron chi connectivity index (χ4n) is 17.2. The van der Waals surface area contributed by atoms with Crippen LogP contribution in [0.1, 0.15) is 0 Å². The molecule has 4 heterocycles. The van der Waals surface area contributed by atoms with Crippen LogP contribution < -0.4 is 26.2 Å². The zero-order valence-corrected chi connectivity index (χ0v) is 53.9. The molecule has 0 saturated heterocycles. The minimum atomic E-state index is -0.250. The summed E-state index contributed by atoms with van der Waals surface area (Å²) in [6.07, 6.45) is 0. The highest BCUT2D eigenvalue weighted by Crippen LogP contribution is 2.55. The van der Waals surface area contributed by atoms with E-state index in [-0.39, 0.29) is 6.71 Å². The number of fused-ring (bicyclic) bond motifs is 10. The first-order valence-electron chi connectivity index (χ1n) is 34.3. The van der Waals surface area contributed by atoms with Gasteiger partial charge in [-0.3, -0.25) is 0 Å². The summed E-state index contributed by atoms with van der Waals surface area (Å²) >= 11 is 0. The van der Waals surface area contributed by atoms with Gasteiger partial charge in [-0.25, -0.2) is 0 Å². The molecule has 5 heteroatoms. The van der Waals surface area contributed by atoms with E-state index in [4.69, 9.17) is 0 Å². The maximum atomic E-state index is 2.69. The lowest BCUT2D eigenvalue weighted by molar-refractivity contribution is 1.17. The first kappa shape index (κ1) is 55.3. The van der Waals surface area contributed by atoms with Crippen LogP contribution in [0.5, 0.6) is 0 Å². The SMILES string of the molecule is c1ccc(-c2cccc(-c3ccccc3)c2N2c3cc(-n4c5ccccc5c5ccccc54)ccc3B3c4ccc(-n5c6ccccc6c6ccccc65)cc4N(c4c(-c5ccccc5)cccc4-c4ccccc4)c4cc(-c5cc6ccc7cccc8ccc(c5)c6c78)cc2c43)cc1. The molecule has 2 aliphatic rings. The van der Waals surface area contributed by atoms with Crippen molar-refractivity contribution in [2.45, 2.75) is 0 Å². The molecule has 0 unspecified atom stereocenters. The van der Waals surface area contributed by atoms with Gasteiger partial charge in [0.1, 0.15) is 0 Å². The van der Waals surface area contributed by atoms with E-state index in [0.29, 0.717) is 0 Å². The average Bonchev–Trinajstić information content (AvgIpc) is 0.786. The van der Waals surface area contributed by atoms with Crippen LogP contribution in [-0.2, 0) is 0 Å². The molecule has 0 spiro atoms. The first-order valence-corrected chi connectivity index (χ1v) is 34.3. The maximum absolute atomic E-state index is 2.69. The fraction of sp³-hybridized carbons (Fsp3) is 0. The van der Waals surface area contributed by atoms with E-state index in [2.05, 4.69) is 377 Å². The van der Waals surface area contributed by atoms with E-state index in [0.717, 1.165) is 123 Å². The molecule has 2 aliphatic heterocycles. The van der Waals surface area contributed by atoms with Crippen LogP contribution in [0, 0.1) is 0 Å². The van der Waals surface area contributed by atoms with Gasteiger partial charge in [-0.1, -0.05) is 285 Å². The van der Waals surface area contributed by atoms with Crippen molar-refractivity contribution < 1.29 is 0 Å². The third-order valence-electron chi connectivity index (χ3n) is 21.4. The van der Waals surface area contributed by atoms with Crippen LogP contribution >= 0.6 is 0 Å². The molecule has 4 nitrogen and oxygen atoms in total. The standard InChI is InChI=1S/C94H59BN4/c1-5-24-60(25-6-1)72-38-22-39-73(61-26-7-2-8-27-61)93(72)98-86-58-70(96-82-42-17-13-34-76(82)77-35-14-18-43-83(77)96)50-52-80(86)95-81-53-51-71(97-84-44-19-15-36-78(84)79-37-16-20-45-85(79)97)59-87(81)99(94-74(62-28-9-3-10-29-62)40-23-41-75(94)63-30-11-4-12-31-63)89-57-69(56-88(98)92(89)95)68-54-66-48-46-64-32-21-33-65-47-49-67(55-68)91(66)90(64)65/h1-59H. The highest BCUT2D eigenvalue weighted by atomic mass is 15.2. The van der Waals surface area contributed by atoms with Crippen LogP contribution in [0.2, 0.25) is 0 Å². The van der Waals surface area contributed by atoms with Gasteiger partial charge in [0.2, 0.25) is 0 Å². The van der Waals surface area contributed by atoms with Gasteiger partial charge >= 0.3 is 0 Å². The Morgan fingerprint density at radius 2 is 0.525 bits per heavy atom. The molecule has 0 bridgehead atoms. The van der Waals surface area contributed by atoms with Crippen molar-refractivity contribution in [3.63, 3.8) is 0 Å². The molecule has 2 aromatic heterocycles. The van der Waals surface area contributed by atoms with Crippen molar-refractivity contribution in [2.24, 2.45) is 0 Å². The molecule has 21 rings (SSSR count). The van der Waals surface area contributed by atoms with Crippen LogP contribution in [0.3, 0.4) is 0 Å². The summed E-state index contributed by atoms with van der Waals surface area (Å²) in [7, 11) is 0. The number of para-hydroxylation sites is 6. The van der Waals surface area contributed by atoms with Gasteiger partial charge in [0, 0.05) is 77.9 Å². The van der Waals surface area contributed by atoms with E-state index in [1.54, 1.807) is 0 Å². The van der Waals surface area contributed by atoms with Crippen LogP contribution in [-0.4, -0.2) is 15.8 Å². The number of benzene rings is 17. The average molecular weight is 1260 g/mol. The molecule has 0 aliphatic carbocycles. The summed E-state index contributed by atoms with van der Waals surface area (Å²) in [5.74, 6) is 0. The topological polar surface area (TPSA) is 16.3 Å². The highest BCUT2D eigenvalue weighted by Gasteiger charge is 2.46. The van der Waals surface area contributed by atoms with Crippen molar-refractivity contribution in [2.75, 3.05) is 9.80 Å². The second kappa shape index (κ2) is 21.8. The van der Waals surface area contributed by atoms with E-state index in [1.807, 2.05) is 0 Å². The third-order valence-corrected chi connectivity index (χ3v) is 21.4. The smallest absolute Gasteiger partial charge is 0.252 e. The predicted molar refractivity (Wildman–Crippen MR) is 420 cm³/mol. The van der Waals surface area contributed by atoms with Gasteiger partial charge in [-0.05, 0) is 155 Å². The lowest BCUT2D eigenvalue weighted by atomic mass is 9.33. The normalized spacial score (nSPS) is 12.6. The summed E-state index contributed by atoms with van der Waals surface area (Å²) in [6, 6.07) is 135. The van der Waals surface area contributed by atoms with Gasteiger partial charge in [-0.15, -0.1) is 0 Å². The van der Waals surface area contributed by atoms with Gasteiger partial charge in [0.15, 0.2) is 0 Å². The molecular weight excluding hydrogens is 1200 g/mol. The molecule has 458 valence electrons.